The van der Waals surface area contributed by atoms with Crippen LogP contribution in [0.2, 0.25) is 0 Å². The molecule has 1 unspecified atom stereocenters. The summed E-state index contributed by atoms with van der Waals surface area (Å²) in [5, 5.41) is 4.25. The zero-order valence-corrected chi connectivity index (χ0v) is 17.4. The van der Waals surface area contributed by atoms with Crippen molar-refractivity contribution in [1.82, 2.24) is 0 Å². The Labute approximate surface area is 168 Å². The first-order valence-corrected chi connectivity index (χ1v) is 10.4. The lowest BCUT2D eigenvalue weighted by Crippen LogP contribution is -2.17. The van der Waals surface area contributed by atoms with Crippen LogP contribution in [0, 0.1) is 0 Å². The third kappa shape index (κ3) is 10.9. The zero-order chi connectivity index (χ0) is 20.6. The monoisotopic (exact) mass is 394 g/mol. The molecule has 6 nitrogen and oxygen atoms in total. The van der Waals surface area contributed by atoms with Crippen molar-refractivity contribution in [2.45, 2.75) is 91.1 Å². The number of aryl methyl sites for hydroxylation is 1. The molecule has 0 aliphatic rings. The molecule has 1 aromatic rings. The van der Waals surface area contributed by atoms with Crippen LogP contribution in [0.15, 0.2) is 24.3 Å². The molecule has 0 radical (unpaired) electrons. The number of carbonyl (C=O) groups is 2. The summed E-state index contributed by atoms with van der Waals surface area (Å²) in [6, 6.07) is 7.10. The van der Waals surface area contributed by atoms with Gasteiger partial charge in [0.1, 0.15) is 6.10 Å². The van der Waals surface area contributed by atoms with Crippen molar-refractivity contribution in [3.05, 3.63) is 35.4 Å². The summed E-state index contributed by atoms with van der Waals surface area (Å²) in [7, 11) is 0. The van der Waals surface area contributed by atoms with Crippen molar-refractivity contribution in [1.29, 1.82) is 0 Å². The number of ether oxygens (including phenoxy) is 1. The van der Waals surface area contributed by atoms with E-state index in [-0.39, 0.29) is 6.10 Å². The predicted octanol–water partition coefficient (Wildman–Crippen LogP) is 6.32. The first-order chi connectivity index (χ1) is 13.6. The van der Waals surface area contributed by atoms with Crippen LogP contribution in [-0.2, 0) is 26.0 Å². The Hall–Kier alpha value is -2.08. The molecule has 158 valence electrons. The smallest absolute Gasteiger partial charge is 0.429 e. The van der Waals surface area contributed by atoms with Crippen LogP contribution in [0.5, 0.6) is 0 Å². The molecule has 0 saturated heterocycles. The normalized spacial score (nSPS) is 11.7. The zero-order valence-electron chi connectivity index (χ0n) is 17.4. The van der Waals surface area contributed by atoms with Gasteiger partial charge in [-0.3, -0.25) is 4.89 Å². The molecule has 1 aromatic carbocycles. The summed E-state index contributed by atoms with van der Waals surface area (Å²) >= 11 is 0. The Balaban J connectivity index is 2.22. The molecule has 0 amide bonds. The van der Waals surface area contributed by atoms with Gasteiger partial charge in [0.05, 0.1) is 10.6 Å². The summed E-state index contributed by atoms with van der Waals surface area (Å²) in [6.07, 6.45) is 9.60. The Morgan fingerprint density at radius 1 is 0.857 bits per heavy atom. The van der Waals surface area contributed by atoms with E-state index in [1.807, 2.05) is 12.1 Å². The summed E-state index contributed by atoms with van der Waals surface area (Å²) in [5.74, 6) is -0.738. The van der Waals surface area contributed by atoms with Gasteiger partial charge in [0, 0.05) is 0 Å². The van der Waals surface area contributed by atoms with Gasteiger partial charge in [-0.05, 0) is 50.3 Å². The Kier molecular flexibility index (Phi) is 12.8. The van der Waals surface area contributed by atoms with Crippen molar-refractivity contribution in [3.63, 3.8) is 0 Å². The van der Waals surface area contributed by atoms with E-state index in [2.05, 4.69) is 28.7 Å². The molecule has 1 atom stereocenters. The maximum Gasteiger partial charge on any atom is 0.543 e. The molecule has 0 aliphatic heterocycles. The van der Waals surface area contributed by atoms with E-state index in [1.165, 1.54) is 24.8 Å². The number of carbonyl (C=O) groups excluding carboxylic acids is 2. The molecular formula is C22H34O6. The molecule has 0 heterocycles. The van der Waals surface area contributed by atoms with E-state index in [9.17, 15) is 9.59 Å². The quantitative estimate of drug-likeness (QED) is 0.159. The van der Waals surface area contributed by atoms with E-state index in [1.54, 1.807) is 19.1 Å². The third-order valence-electron chi connectivity index (χ3n) is 4.48. The van der Waals surface area contributed by atoms with Crippen LogP contribution in [0.4, 0.5) is 4.79 Å². The van der Waals surface area contributed by atoms with Crippen molar-refractivity contribution in [3.8, 4) is 0 Å². The Morgan fingerprint density at radius 2 is 1.50 bits per heavy atom. The lowest BCUT2D eigenvalue weighted by molar-refractivity contribution is -0.452. The molecule has 0 aromatic heterocycles. The highest BCUT2D eigenvalue weighted by Crippen LogP contribution is 2.11. The van der Waals surface area contributed by atoms with E-state index in [0.717, 1.165) is 44.9 Å². The standard InChI is InChI=1S/C22H34O6/c1-4-6-8-10-12-18(3)25-22(24)27-28-26-21(23)20-16-14-19(15-17-20)13-11-9-7-5-2/h14-18H,4-13H2,1-3H3. The first-order valence-electron chi connectivity index (χ1n) is 10.4. The number of rotatable bonds is 14. The van der Waals surface area contributed by atoms with Crippen LogP contribution in [0.1, 0.15) is 94.5 Å². The van der Waals surface area contributed by atoms with Gasteiger partial charge >= 0.3 is 12.1 Å². The van der Waals surface area contributed by atoms with Crippen molar-refractivity contribution < 1.29 is 29.1 Å². The van der Waals surface area contributed by atoms with Gasteiger partial charge in [-0.25, -0.2) is 14.5 Å². The molecule has 0 spiro atoms. The molecule has 0 fully saturated rings. The third-order valence-corrected chi connectivity index (χ3v) is 4.48. The van der Waals surface area contributed by atoms with Gasteiger partial charge in [-0.15, -0.1) is 0 Å². The summed E-state index contributed by atoms with van der Waals surface area (Å²) in [6.45, 7) is 6.10. The molecule has 28 heavy (non-hydrogen) atoms. The van der Waals surface area contributed by atoms with E-state index < -0.39 is 12.1 Å². The van der Waals surface area contributed by atoms with Crippen molar-refractivity contribution in [2.75, 3.05) is 0 Å². The summed E-state index contributed by atoms with van der Waals surface area (Å²) < 4.78 is 5.01. The lowest BCUT2D eigenvalue weighted by atomic mass is 10.0. The van der Waals surface area contributed by atoms with Crippen LogP contribution in [0.25, 0.3) is 0 Å². The number of unbranched alkanes of at least 4 members (excludes halogenated alkanes) is 6. The highest BCUT2D eigenvalue weighted by atomic mass is 17.5. The van der Waals surface area contributed by atoms with Crippen LogP contribution in [-0.4, -0.2) is 18.2 Å². The Morgan fingerprint density at radius 3 is 2.14 bits per heavy atom. The fraction of sp³-hybridized carbons (Fsp3) is 0.636. The van der Waals surface area contributed by atoms with E-state index >= 15 is 0 Å². The van der Waals surface area contributed by atoms with E-state index in [4.69, 9.17) is 4.74 Å². The second-order valence-electron chi connectivity index (χ2n) is 7.06. The number of hydrogen-bond acceptors (Lipinski definition) is 6. The van der Waals surface area contributed by atoms with Gasteiger partial charge in [0.2, 0.25) is 0 Å². The Bertz CT molecular complexity index is 555. The molecule has 6 heteroatoms. The van der Waals surface area contributed by atoms with Crippen molar-refractivity contribution >= 4 is 12.1 Å². The van der Waals surface area contributed by atoms with Gasteiger partial charge in [-0.2, -0.15) is 0 Å². The average molecular weight is 395 g/mol. The van der Waals surface area contributed by atoms with Gasteiger partial charge in [-0.1, -0.05) is 64.5 Å². The fourth-order valence-electron chi connectivity index (χ4n) is 2.79. The number of hydrogen-bond donors (Lipinski definition) is 0. The van der Waals surface area contributed by atoms with Crippen molar-refractivity contribution in [2.24, 2.45) is 0 Å². The highest BCUT2D eigenvalue weighted by Gasteiger charge is 2.14. The molecule has 0 N–H and O–H groups in total. The summed E-state index contributed by atoms with van der Waals surface area (Å²) in [4.78, 5) is 32.2. The van der Waals surface area contributed by atoms with Crippen LogP contribution in [0.3, 0.4) is 0 Å². The predicted molar refractivity (Wildman–Crippen MR) is 107 cm³/mol. The summed E-state index contributed by atoms with van der Waals surface area (Å²) in [5.41, 5.74) is 1.49. The fourth-order valence-corrected chi connectivity index (χ4v) is 2.79. The second-order valence-corrected chi connectivity index (χ2v) is 7.06. The maximum atomic E-state index is 11.9. The molecule has 1 rings (SSSR count). The van der Waals surface area contributed by atoms with E-state index in [0.29, 0.717) is 5.56 Å². The molecule has 0 bridgehead atoms. The number of benzene rings is 1. The largest absolute Gasteiger partial charge is 0.543 e. The topological polar surface area (TPSA) is 71.1 Å². The van der Waals surface area contributed by atoms with Gasteiger partial charge in [0.25, 0.3) is 0 Å². The minimum Gasteiger partial charge on any atom is -0.429 e. The minimum absolute atomic E-state index is 0.284. The molecule has 0 aliphatic carbocycles. The first kappa shape index (κ1) is 24.0. The van der Waals surface area contributed by atoms with Gasteiger partial charge < -0.3 is 4.74 Å². The van der Waals surface area contributed by atoms with Crippen LogP contribution >= 0.6 is 0 Å². The highest BCUT2D eigenvalue weighted by molar-refractivity contribution is 5.88. The molecular weight excluding hydrogens is 360 g/mol. The average Bonchev–Trinajstić information content (AvgIpc) is 2.69. The SMILES string of the molecule is CCCCCCc1ccc(C(=O)OOOC(=O)OC(C)CCCCCC)cc1. The lowest BCUT2D eigenvalue weighted by Gasteiger charge is -2.11. The van der Waals surface area contributed by atoms with Crippen LogP contribution < -0.4 is 0 Å². The van der Waals surface area contributed by atoms with Gasteiger partial charge in [0.15, 0.2) is 0 Å². The maximum absolute atomic E-state index is 11.9. The second kappa shape index (κ2) is 14.9. The molecule has 0 saturated carbocycles. The minimum atomic E-state index is -1.03.